The van der Waals surface area contributed by atoms with E-state index < -0.39 is 0 Å². The summed E-state index contributed by atoms with van der Waals surface area (Å²) >= 11 is 4.96. The second kappa shape index (κ2) is 6.98. The van der Waals surface area contributed by atoms with E-state index >= 15 is 0 Å². The lowest BCUT2D eigenvalue weighted by Gasteiger charge is -2.09. The summed E-state index contributed by atoms with van der Waals surface area (Å²) in [7, 11) is 0. The Balaban J connectivity index is 1.66. The molecule has 0 unspecified atom stereocenters. The molecule has 22 heavy (non-hydrogen) atoms. The molecule has 0 bridgehead atoms. The molecule has 0 atom stereocenters. The number of fused-ring (bicyclic) bond motifs is 1. The summed E-state index contributed by atoms with van der Waals surface area (Å²) in [5.41, 5.74) is 0.686. The smallest absolute Gasteiger partial charge is 0.248 e. The largest absolute Gasteiger partial charge is 0.490 e. The number of nitrogens with one attached hydrogen (secondary N) is 1. The number of hydrogen-bond donors (Lipinski definition) is 1. The van der Waals surface area contributed by atoms with Crippen LogP contribution in [0.3, 0.4) is 0 Å². The highest BCUT2D eigenvalue weighted by atomic mass is 79.9. The number of thiophene rings is 1. The molecule has 2 heterocycles. The third-order valence-corrected chi connectivity index (χ3v) is 4.60. The van der Waals surface area contributed by atoms with Crippen molar-refractivity contribution in [1.82, 2.24) is 0 Å². The molecule has 1 aromatic heterocycles. The molecule has 1 aliphatic rings. The fraction of sp³-hybridized carbons (Fsp3) is 0.188. The van der Waals surface area contributed by atoms with Crippen LogP contribution in [0.15, 0.2) is 40.2 Å². The number of rotatable bonds is 3. The van der Waals surface area contributed by atoms with Crippen LogP contribution in [-0.2, 0) is 4.79 Å². The van der Waals surface area contributed by atoms with Crippen LogP contribution < -0.4 is 14.8 Å². The maximum absolute atomic E-state index is 12.0. The van der Waals surface area contributed by atoms with Crippen LogP contribution >= 0.6 is 27.3 Å². The van der Waals surface area contributed by atoms with Gasteiger partial charge in [-0.25, -0.2) is 0 Å². The number of carbonyl (C=O) groups is 1. The van der Waals surface area contributed by atoms with Gasteiger partial charge in [0.1, 0.15) is 0 Å². The van der Waals surface area contributed by atoms with Gasteiger partial charge in [0.15, 0.2) is 11.5 Å². The zero-order valence-corrected chi connectivity index (χ0v) is 14.1. The summed E-state index contributed by atoms with van der Waals surface area (Å²) in [5, 5.41) is 2.82. The van der Waals surface area contributed by atoms with E-state index in [2.05, 4.69) is 21.2 Å². The topological polar surface area (TPSA) is 47.6 Å². The molecule has 0 saturated heterocycles. The molecule has 3 rings (SSSR count). The number of halogens is 1. The van der Waals surface area contributed by atoms with E-state index in [1.165, 1.54) is 6.08 Å². The van der Waals surface area contributed by atoms with Crippen LogP contribution in [0.2, 0.25) is 0 Å². The maximum atomic E-state index is 12.0. The van der Waals surface area contributed by atoms with Crippen molar-refractivity contribution in [2.75, 3.05) is 18.5 Å². The van der Waals surface area contributed by atoms with Gasteiger partial charge in [0.25, 0.3) is 0 Å². The zero-order chi connectivity index (χ0) is 15.4. The van der Waals surface area contributed by atoms with E-state index in [1.54, 1.807) is 29.5 Å². The van der Waals surface area contributed by atoms with E-state index in [0.29, 0.717) is 24.7 Å². The SMILES string of the molecule is O=C(/C=C/c1ccc(Br)s1)Nc1ccc2c(c1)OCCCO2. The monoisotopic (exact) mass is 379 g/mol. The Labute approximate surface area is 140 Å². The van der Waals surface area contributed by atoms with Gasteiger partial charge >= 0.3 is 0 Å². The molecular formula is C16H14BrNO3S. The Morgan fingerprint density at radius 1 is 1.18 bits per heavy atom. The lowest BCUT2D eigenvalue weighted by Crippen LogP contribution is -2.07. The highest BCUT2D eigenvalue weighted by molar-refractivity contribution is 9.11. The second-order valence-electron chi connectivity index (χ2n) is 4.68. The first kappa shape index (κ1) is 15.1. The minimum absolute atomic E-state index is 0.181. The lowest BCUT2D eigenvalue weighted by atomic mass is 10.2. The van der Waals surface area contributed by atoms with Crippen LogP contribution in [0.25, 0.3) is 6.08 Å². The van der Waals surface area contributed by atoms with Crippen molar-refractivity contribution in [3.8, 4) is 11.5 Å². The predicted molar refractivity (Wildman–Crippen MR) is 91.7 cm³/mol. The Morgan fingerprint density at radius 3 is 2.77 bits per heavy atom. The first-order chi connectivity index (χ1) is 10.7. The Hall–Kier alpha value is -1.79. The van der Waals surface area contributed by atoms with Crippen LogP contribution in [0, 0.1) is 0 Å². The van der Waals surface area contributed by atoms with E-state index in [9.17, 15) is 4.79 Å². The van der Waals surface area contributed by atoms with Gasteiger partial charge in [-0.2, -0.15) is 0 Å². The molecule has 0 saturated carbocycles. The van der Waals surface area contributed by atoms with Gasteiger partial charge in [-0.3, -0.25) is 4.79 Å². The average molecular weight is 380 g/mol. The molecule has 114 valence electrons. The number of benzene rings is 1. The van der Waals surface area contributed by atoms with Gasteiger partial charge in [-0.15, -0.1) is 11.3 Å². The van der Waals surface area contributed by atoms with Crippen LogP contribution in [0.1, 0.15) is 11.3 Å². The summed E-state index contributed by atoms with van der Waals surface area (Å²) in [6.45, 7) is 1.27. The zero-order valence-electron chi connectivity index (χ0n) is 11.7. The van der Waals surface area contributed by atoms with Gasteiger partial charge in [0, 0.05) is 29.1 Å². The van der Waals surface area contributed by atoms with Gasteiger partial charge in [-0.05, 0) is 46.3 Å². The minimum Gasteiger partial charge on any atom is -0.490 e. The molecule has 0 radical (unpaired) electrons. The van der Waals surface area contributed by atoms with Crippen LogP contribution in [0.4, 0.5) is 5.69 Å². The summed E-state index contributed by atoms with van der Waals surface area (Å²) in [4.78, 5) is 13.0. The van der Waals surface area contributed by atoms with Crippen molar-refractivity contribution >= 4 is 44.9 Å². The Morgan fingerprint density at radius 2 is 2.00 bits per heavy atom. The minimum atomic E-state index is -0.181. The molecule has 1 amide bonds. The number of amides is 1. The molecule has 4 nitrogen and oxygen atoms in total. The van der Waals surface area contributed by atoms with Gasteiger partial charge in [0.05, 0.1) is 17.0 Å². The predicted octanol–water partition coefficient (Wildman–Crippen LogP) is 4.32. The standard InChI is InChI=1S/C16H14BrNO3S/c17-15-6-3-12(22-15)4-7-16(19)18-11-2-5-13-14(10-11)21-9-1-8-20-13/h2-7,10H,1,8-9H2,(H,18,19)/b7-4+. The lowest BCUT2D eigenvalue weighted by molar-refractivity contribution is -0.111. The second-order valence-corrected chi connectivity index (χ2v) is 7.17. The maximum Gasteiger partial charge on any atom is 0.248 e. The summed E-state index contributed by atoms with van der Waals surface area (Å²) in [6.07, 6.45) is 4.16. The Bertz CT molecular complexity index is 711. The van der Waals surface area contributed by atoms with E-state index in [1.807, 2.05) is 18.2 Å². The highest BCUT2D eigenvalue weighted by Gasteiger charge is 2.11. The van der Waals surface area contributed by atoms with Crippen molar-refractivity contribution < 1.29 is 14.3 Å². The fourth-order valence-electron chi connectivity index (χ4n) is 2.00. The van der Waals surface area contributed by atoms with Crippen molar-refractivity contribution in [3.63, 3.8) is 0 Å². The van der Waals surface area contributed by atoms with Gasteiger partial charge in [0.2, 0.25) is 5.91 Å². The normalized spacial score (nSPS) is 13.9. The summed E-state index contributed by atoms with van der Waals surface area (Å²) in [5.74, 6) is 1.20. The highest BCUT2D eigenvalue weighted by Crippen LogP contribution is 2.32. The average Bonchev–Trinajstić information content (AvgIpc) is 2.78. The quantitative estimate of drug-likeness (QED) is 0.807. The number of anilines is 1. The molecule has 1 N–H and O–H groups in total. The Kier molecular flexibility index (Phi) is 4.80. The van der Waals surface area contributed by atoms with E-state index in [-0.39, 0.29) is 5.91 Å². The van der Waals surface area contributed by atoms with Crippen molar-refractivity contribution in [3.05, 3.63) is 45.1 Å². The van der Waals surface area contributed by atoms with Crippen molar-refractivity contribution in [2.45, 2.75) is 6.42 Å². The summed E-state index contributed by atoms with van der Waals surface area (Å²) in [6, 6.07) is 9.31. The third kappa shape index (κ3) is 3.90. The van der Waals surface area contributed by atoms with E-state index in [0.717, 1.165) is 20.8 Å². The molecule has 0 fully saturated rings. The summed E-state index contributed by atoms with van der Waals surface area (Å²) < 4.78 is 12.2. The van der Waals surface area contributed by atoms with Crippen molar-refractivity contribution in [1.29, 1.82) is 0 Å². The molecular weight excluding hydrogens is 366 g/mol. The van der Waals surface area contributed by atoms with Crippen LogP contribution in [-0.4, -0.2) is 19.1 Å². The number of carbonyl (C=O) groups excluding carboxylic acids is 1. The molecule has 6 heteroatoms. The first-order valence-corrected chi connectivity index (χ1v) is 8.46. The van der Waals surface area contributed by atoms with Gasteiger partial charge in [-0.1, -0.05) is 0 Å². The van der Waals surface area contributed by atoms with E-state index in [4.69, 9.17) is 9.47 Å². The number of hydrogen-bond acceptors (Lipinski definition) is 4. The van der Waals surface area contributed by atoms with Crippen molar-refractivity contribution in [2.24, 2.45) is 0 Å². The first-order valence-electron chi connectivity index (χ1n) is 6.85. The number of ether oxygens (including phenoxy) is 2. The molecule has 0 aliphatic carbocycles. The molecule has 0 spiro atoms. The molecule has 2 aromatic rings. The fourth-order valence-corrected chi connectivity index (χ4v) is 3.33. The van der Waals surface area contributed by atoms with Gasteiger partial charge < -0.3 is 14.8 Å². The third-order valence-electron chi connectivity index (χ3n) is 3.01. The molecule has 1 aliphatic heterocycles. The van der Waals surface area contributed by atoms with Crippen LogP contribution in [0.5, 0.6) is 11.5 Å². The molecule has 1 aromatic carbocycles.